The molecule has 10 aromatic rings. The normalized spacial score (nSPS) is 10.1. The van der Waals surface area contributed by atoms with Gasteiger partial charge in [0.1, 0.15) is 0 Å². The summed E-state index contributed by atoms with van der Waals surface area (Å²) in [7, 11) is -8.39. The molecule has 6 aromatic heterocycles. The van der Waals surface area contributed by atoms with Crippen molar-refractivity contribution in [3.63, 3.8) is 0 Å². The number of benzene rings is 4. The van der Waals surface area contributed by atoms with Crippen molar-refractivity contribution in [3.8, 4) is 11.5 Å². The number of fused-ring (bicyclic) bond motifs is 2. The fourth-order valence-corrected chi connectivity index (χ4v) is 6.99. The molecule has 0 radical (unpaired) electrons. The molecule has 0 aliphatic heterocycles. The first kappa shape index (κ1) is 73.1. The number of aromatic nitrogens is 6. The average Bonchev–Trinajstić information content (AvgIpc) is 3.51. The van der Waals surface area contributed by atoms with Crippen molar-refractivity contribution in [3.05, 3.63) is 265 Å². The fraction of sp³-hybridized carbons (Fsp3) is 0.138. The van der Waals surface area contributed by atoms with Crippen LogP contribution in [0.4, 0.5) is 0 Å². The summed E-state index contributed by atoms with van der Waals surface area (Å²) in [6.45, 7) is 4.63. The van der Waals surface area contributed by atoms with Crippen molar-refractivity contribution in [2.75, 3.05) is 14.2 Å². The van der Waals surface area contributed by atoms with Crippen LogP contribution in [-0.2, 0) is 73.4 Å². The van der Waals surface area contributed by atoms with Crippen LogP contribution in [0.25, 0.3) is 21.5 Å². The van der Waals surface area contributed by atoms with Gasteiger partial charge in [0.25, 0.3) is 0 Å². The first-order chi connectivity index (χ1) is 38.5. The van der Waals surface area contributed by atoms with Crippen LogP contribution in [-0.4, -0.2) is 53.9 Å². The summed E-state index contributed by atoms with van der Waals surface area (Å²) in [5.41, 5.74) is 6.30. The van der Waals surface area contributed by atoms with Gasteiger partial charge >= 0.3 is 34.1 Å². The Labute approximate surface area is 501 Å². The molecule has 20 nitrogen and oxygen atoms in total. The van der Waals surface area contributed by atoms with Gasteiger partial charge in [-0.3, -0.25) is 39.7 Å². The molecule has 0 amide bonds. The van der Waals surface area contributed by atoms with Gasteiger partial charge in [-0.15, -0.1) is 32.0 Å². The quantitative estimate of drug-likeness (QED) is 0.124. The average molecular weight is 1240 g/mol. The summed E-state index contributed by atoms with van der Waals surface area (Å²) in [4.78, 5) is 31.1. The van der Waals surface area contributed by atoms with Gasteiger partial charge in [-0.25, -0.2) is 37.3 Å². The van der Waals surface area contributed by atoms with Gasteiger partial charge in [-0.1, -0.05) is 121 Å². The Morgan fingerprint density at radius 2 is 0.463 bits per heavy atom. The summed E-state index contributed by atoms with van der Waals surface area (Å²) in [5, 5.41) is 42.5. The monoisotopic (exact) mass is 1240 g/mol. The molecular weight excluding hydrogens is 1180 g/mol. The van der Waals surface area contributed by atoms with Crippen molar-refractivity contribution in [1.29, 1.82) is 0 Å². The summed E-state index contributed by atoms with van der Waals surface area (Å²) in [6.07, 6.45) is 11.0. The molecule has 0 bridgehead atoms. The Hall–Kier alpha value is -6.96. The third-order valence-electron chi connectivity index (χ3n) is 10.1. The Morgan fingerprint density at radius 3 is 0.646 bits per heavy atom. The fourth-order valence-electron chi connectivity index (χ4n) is 6.99. The minimum Gasteiger partial charge on any atom is -0.872 e. The molecule has 10 rings (SSSR count). The number of rotatable bonds is 12. The molecule has 82 heavy (non-hydrogen) atoms. The summed E-state index contributed by atoms with van der Waals surface area (Å²) >= 11 is 0. The van der Waals surface area contributed by atoms with E-state index in [9.17, 15) is 10.2 Å². The van der Waals surface area contributed by atoms with E-state index < -0.39 is 20.5 Å². The standard InChI is InChI=1S/2C18H18N4.2C10H8O.2CH3O.2ClHO4.2Fe/c2*1-4-10-19-16(7-1)13-22(14-17-8-2-5-11-20-17)15-18-9-3-6-12-21-18;2*11-10-6-5-8-3-1-2-4-9(8)7-10;2*1-2;2*2-1(3,4)5;;/h2*1-12H,13-15H2;2*1-7,11H;2*1H3;2*(H,2,3,4,5);;/q;;;;2*-1;;;2*+4/p-4. The van der Waals surface area contributed by atoms with E-state index in [1.54, 1.807) is 24.3 Å². The third kappa shape index (κ3) is 34.4. The van der Waals surface area contributed by atoms with Crippen LogP contribution in [0, 0.1) is 20.5 Å². The number of pyridine rings is 6. The van der Waals surface area contributed by atoms with Crippen molar-refractivity contribution in [1.82, 2.24) is 39.7 Å². The van der Waals surface area contributed by atoms with Crippen molar-refractivity contribution < 1.29 is 112 Å². The molecule has 6 heterocycles. The molecule has 0 saturated heterocycles. The van der Waals surface area contributed by atoms with Gasteiger partial charge in [0.15, 0.2) is 0 Å². The molecule has 0 aliphatic rings. The van der Waals surface area contributed by atoms with Gasteiger partial charge in [0.2, 0.25) is 0 Å². The zero-order valence-corrected chi connectivity index (χ0v) is 47.8. The molecule has 4 aromatic carbocycles. The SMILES string of the molecule is C[O-].C[O-].[Fe+4].[Fe+4].[O-][Cl+3]([O-])([O-])[O-].[O-][Cl+3]([O-])([O-])[O-].[O-]c1ccc2ccccc2c1.[O-]c1ccc2ccccc2c1.c1ccc(CN(Cc2ccccn2)Cc2ccccn2)nc1.c1ccc(CN(Cc2ccccn2)Cc2ccccn2)nc1. The summed E-state index contributed by atoms with van der Waals surface area (Å²) in [6, 6.07) is 61.8. The van der Waals surface area contributed by atoms with E-state index in [2.05, 4.69) is 39.7 Å². The van der Waals surface area contributed by atoms with Gasteiger partial charge < -0.3 is 20.4 Å². The molecule has 0 atom stereocenters. The predicted octanol–water partition coefficient (Wildman–Crippen LogP) is -1.59. The van der Waals surface area contributed by atoms with Crippen LogP contribution in [0.3, 0.4) is 0 Å². The van der Waals surface area contributed by atoms with Crippen LogP contribution in [0.2, 0.25) is 0 Å². The van der Waals surface area contributed by atoms with Crippen LogP contribution in [0.15, 0.2) is 231 Å². The molecule has 0 fully saturated rings. The minimum atomic E-state index is -4.94. The topological polar surface area (TPSA) is 361 Å². The Balaban J connectivity index is 0.000000519. The van der Waals surface area contributed by atoms with Crippen molar-refractivity contribution in [2.45, 2.75) is 39.3 Å². The van der Waals surface area contributed by atoms with Crippen LogP contribution < -0.4 is 57.7 Å². The molecule has 0 saturated carbocycles. The number of hydrogen-bond donors (Lipinski definition) is 0. The van der Waals surface area contributed by atoms with E-state index in [-0.39, 0.29) is 45.6 Å². The van der Waals surface area contributed by atoms with Crippen LogP contribution in [0.1, 0.15) is 34.2 Å². The second-order valence-corrected chi connectivity index (χ2v) is 17.5. The van der Waals surface area contributed by atoms with E-state index in [4.69, 9.17) is 47.5 Å². The molecule has 0 spiro atoms. The molecule has 0 aliphatic carbocycles. The predicted molar refractivity (Wildman–Crippen MR) is 270 cm³/mol. The zero-order chi connectivity index (χ0) is 58.4. The number of hydrogen-bond acceptors (Lipinski definition) is 20. The number of nitrogens with zero attached hydrogens (tertiary/aromatic N) is 8. The Bertz CT molecular complexity index is 2740. The first-order valence-electron chi connectivity index (χ1n) is 23.7. The maximum Gasteiger partial charge on any atom is 4.00 e. The Morgan fingerprint density at radius 1 is 0.280 bits per heavy atom. The van der Waals surface area contributed by atoms with E-state index in [0.29, 0.717) is 0 Å². The Kier molecular flexibility index (Phi) is 37.4. The molecule has 24 heteroatoms. The molecular formula is C58H56Cl2Fe2N8O12+2. The van der Waals surface area contributed by atoms with Crippen LogP contribution in [0.5, 0.6) is 11.5 Å². The zero-order valence-electron chi connectivity index (χ0n) is 44.1. The van der Waals surface area contributed by atoms with Gasteiger partial charge in [0, 0.05) is 76.4 Å². The molecule has 0 unspecified atom stereocenters. The largest absolute Gasteiger partial charge is 4.00 e. The number of halogens is 2. The van der Waals surface area contributed by atoms with Crippen molar-refractivity contribution >= 4 is 21.5 Å². The third-order valence-corrected chi connectivity index (χ3v) is 10.1. The second kappa shape index (κ2) is 41.9. The maximum absolute atomic E-state index is 10.9. The molecule has 0 N–H and O–H groups in total. The van der Waals surface area contributed by atoms with Crippen molar-refractivity contribution in [2.24, 2.45) is 0 Å². The summed E-state index contributed by atoms with van der Waals surface area (Å²) < 4.78 is 67.9. The van der Waals surface area contributed by atoms with Crippen LogP contribution >= 0.6 is 0 Å². The van der Waals surface area contributed by atoms with Gasteiger partial charge in [0.05, 0.1) is 34.2 Å². The van der Waals surface area contributed by atoms with E-state index in [1.807, 2.05) is 207 Å². The second-order valence-electron chi connectivity index (χ2n) is 16.0. The van der Waals surface area contributed by atoms with E-state index in [1.165, 1.54) is 0 Å². The van der Waals surface area contributed by atoms with Gasteiger partial charge in [-0.05, 0) is 94.3 Å². The molecule has 428 valence electrons. The summed E-state index contributed by atoms with van der Waals surface area (Å²) in [5.74, 6) is 0.146. The van der Waals surface area contributed by atoms with E-state index in [0.717, 1.165) is 109 Å². The minimum absolute atomic E-state index is 0. The van der Waals surface area contributed by atoms with E-state index >= 15 is 0 Å². The van der Waals surface area contributed by atoms with Gasteiger partial charge in [-0.2, -0.15) is 14.2 Å². The first-order valence-corrected chi connectivity index (χ1v) is 26.2. The maximum atomic E-state index is 10.9. The smallest absolute Gasteiger partial charge is 0.872 e.